The van der Waals surface area contributed by atoms with Crippen molar-refractivity contribution in [3.05, 3.63) is 94.1 Å². The molecular formula is C27H26BrClF3N5. The Morgan fingerprint density at radius 3 is 2.68 bits per heavy atom. The third kappa shape index (κ3) is 6.91. The summed E-state index contributed by atoms with van der Waals surface area (Å²) >= 11 is 9.92. The fraction of sp³-hybridized carbons (Fsp3) is 0.259. The molecule has 1 N–H and O–H groups in total. The molecule has 194 valence electrons. The van der Waals surface area contributed by atoms with Crippen molar-refractivity contribution < 1.29 is 13.2 Å². The van der Waals surface area contributed by atoms with E-state index < -0.39 is 11.7 Å². The van der Waals surface area contributed by atoms with Crippen molar-refractivity contribution in [1.29, 1.82) is 0 Å². The van der Waals surface area contributed by atoms with Crippen molar-refractivity contribution in [3.63, 3.8) is 0 Å². The van der Waals surface area contributed by atoms with E-state index in [1.165, 1.54) is 12.1 Å². The molecule has 2 aromatic heterocycles. The number of nitrogens with one attached hydrogen (secondary N) is 1. The fourth-order valence-electron chi connectivity index (χ4n) is 4.06. The number of nitrogens with zero attached hydrogens (tertiary/aromatic N) is 4. The number of anilines is 1. The molecule has 0 spiro atoms. The highest BCUT2D eigenvalue weighted by Crippen LogP contribution is 2.31. The zero-order chi connectivity index (χ0) is 26.4. The molecule has 2 aromatic carbocycles. The van der Waals surface area contributed by atoms with Crippen LogP contribution in [0.2, 0.25) is 5.02 Å². The van der Waals surface area contributed by atoms with Crippen LogP contribution in [0.3, 0.4) is 0 Å². The molecule has 4 aromatic rings. The van der Waals surface area contributed by atoms with Crippen LogP contribution in [0.1, 0.15) is 17.5 Å². The first-order chi connectivity index (χ1) is 17.8. The van der Waals surface area contributed by atoms with Gasteiger partial charge < -0.3 is 5.32 Å². The molecule has 0 saturated carbocycles. The number of hydrogen-bond donors (Lipinski definition) is 1. The van der Waals surface area contributed by atoms with Crippen molar-refractivity contribution in [2.75, 3.05) is 31.5 Å². The summed E-state index contributed by atoms with van der Waals surface area (Å²) in [5, 5.41) is 8.47. The zero-order valence-corrected chi connectivity index (χ0v) is 22.3. The highest BCUT2D eigenvalue weighted by atomic mass is 79.9. The Morgan fingerprint density at radius 2 is 1.92 bits per heavy atom. The smallest absolute Gasteiger partial charge is 0.370 e. The molecule has 0 unspecified atom stereocenters. The van der Waals surface area contributed by atoms with Crippen molar-refractivity contribution >= 4 is 39.0 Å². The Labute approximate surface area is 227 Å². The number of alkyl halides is 3. The van der Waals surface area contributed by atoms with E-state index in [2.05, 4.69) is 37.8 Å². The number of benzene rings is 2. The summed E-state index contributed by atoms with van der Waals surface area (Å²) in [6.45, 7) is 6.53. The van der Waals surface area contributed by atoms with E-state index in [9.17, 15) is 13.2 Å². The number of aromatic nitrogens is 3. The van der Waals surface area contributed by atoms with Gasteiger partial charge in [-0.3, -0.25) is 4.90 Å². The lowest BCUT2D eigenvalue weighted by atomic mass is 10.1. The Hall–Kier alpha value is -2.88. The van der Waals surface area contributed by atoms with E-state index in [0.29, 0.717) is 42.3 Å². The second-order valence-corrected chi connectivity index (χ2v) is 9.81. The Balaban J connectivity index is 1.39. The van der Waals surface area contributed by atoms with E-state index in [0.717, 1.165) is 40.6 Å². The van der Waals surface area contributed by atoms with Gasteiger partial charge in [-0.15, -0.1) is 6.58 Å². The van der Waals surface area contributed by atoms with Crippen LogP contribution in [0.15, 0.2) is 77.9 Å². The average Bonchev–Trinajstić information content (AvgIpc) is 3.25. The molecule has 0 atom stereocenters. The fourth-order valence-corrected chi connectivity index (χ4v) is 4.64. The van der Waals surface area contributed by atoms with E-state index in [4.69, 9.17) is 16.6 Å². The molecule has 10 heteroatoms. The molecule has 5 nitrogen and oxygen atoms in total. The van der Waals surface area contributed by atoms with Crippen LogP contribution in [-0.2, 0) is 12.6 Å². The van der Waals surface area contributed by atoms with Gasteiger partial charge in [-0.25, -0.2) is 4.98 Å². The van der Waals surface area contributed by atoms with Gasteiger partial charge >= 0.3 is 6.18 Å². The minimum absolute atomic E-state index is 0.526. The largest absolute Gasteiger partial charge is 0.416 e. The van der Waals surface area contributed by atoms with Gasteiger partial charge in [0.05, 0.1) is 21.9 Å². The predicted molar refractivity (Wildman–Crippen MR) is 146 cm³/mol. The first-order valence-corrected chi connectivity index (χ1v) is 13.0. The summed E-state index contributed by atoms with van der Waals surface area (Å²) < 4.78 is 41.6. The van der Waals surface area contributed by atoms with Crippen molar-refractivity contribution in [1.82, 2.24) is 19.5 Å². The van der Waals surface area contributed by atoms with Crippen LogP contribution >= 0.6 is 27.5 Å². The molecule has 2 heterocycles. The maximum absolute atomic E-state index is 13.0. The van der Waals surface area contributed by atoms with Crippen molar-refractivity contribution in [2.45, 2.75) is 19.0 Å². The predicted octanol–water partition coefficient (Wildman–Crippen LogP) is 7.36. The maximum Gasteiger partial charge on any atom is 0.416 e. The van der Waals surface area contributed by atoms with Gasteiger partial charge in [0.1, 0.15) is 5.82 Å². The van der Waals surface area contributed by atoms with Crippen LogP contribution in [0.5, 0.6) is 0 Å². The first-order valence-electron chi connectivity index (χ1n) is 11.8. The quantitative estimate of drug-likeness (QED) is 0.146. The SMILES string of the molecule is C=CCN(CCCNc1cc(-c2ccccc2Cl)nc2c(Br)cnn12)CCc1cccc(C(F)(F)F)c1. The lowest BCUT2D eigenvalue weighted by Gasteiger charge is -2.21. The number of rotatable bonds is 11. The first kappa shape index (κ1) is 27.2. The molecule has 37 heavy (non-hydrogen) atoms. The van der Waals surface area contributed by atoms with Crippen LogP contribution in [0, 0.1) is 0 Å². The molecule has 0 fully saturated rings. The number of fused-ring (bicyclic) bond motifs is 1. The Bertz CT molecular complexity index is 1370. The lowest BCUT2D eigenvalue weighted by Crippen LogP contribution is -2.28. The van der Waals surface area contributed by atoms with Crippen molar-refractivity contribution in [2.24, 2.45) is 0 Å². The van der Waals surface area contributed by atoms with Gasteiger partial charge in [0, 0.05) is 42.8 Å². The van der Waals surface area contributed by atoms with Gasteiger partial charge in [0.2, 0.25) is 0 Å². The molecule has 0 saturated heterocycles. The summed E-state index contributed by atoms with van der Waals surface area (Å²) in [5.41, 5.74) is 2.28. The van der Waals surface area contributed by atoms with Gasteiger partial charge in [-0.05, 0) is 46.5 Å². The van der Waals surface area contributed by atoms with E-state index in [-0.39, 0.29) is 0 Å². The van der Waals surface area contributed by atoms with E-state index in [1.54, 1.807) is 16.8 Å². The molecule has 0 bridgehead atoms. The average molecular weight is 593 g/mol. The van der Waals surface area contributed by atoms with Crippen LogP contribution in [-0.4, -0.2) is 45.7 Å². The van der Waals surface area contributed by atoms with Crippen molar-refractivity contribution in [3.8, 4) is 11.3 Å². The minimum Gasteiger partial charge on any atom is -0.370 e. The third-order valence-electron chi connectivity index (χ3n) is 5.89. The molecular weight excluding hydrogens is 567 g/mol. The second kappa shape index (κ2) is 12.1. The molecule has 0 amide bonds. The molecule has 0 aliphatic carbocycles. The summed E-state index contributed by atoms with van der Waals surface area (Å²) in [5.74, 6) is 0.782. The summed E-state index contributed by atoms with van der Waals surface area (Å²) in [7, 11) is 0. The number of hydrogen-bond acceptors (Lipinski definition) is 4. The van der Waals surface area contributed by atoms with Gasteiger partial charge in [0.25, 0.3) is 0 Å². The molecule has 0 radical (unpaired) electrons. The monoisotopic (exact) mass is 591 g/mol. The maximum atomic E-state index is 13.0. The Morgan fingerprint density at radius 1 is 1.11 bits per heavy atom. The van der Waals surface area contributed by atoms with E-state index in [1.807, 2.05) is 36.4 Å². The highest BCUT2D eigenvalue weighted by Gasteiger charge is 2.30. The normalized spacial score (nSPS) is 11.8. The zero-order valence-electron chi connectivity index (χ0n) is 20.0. The molecule has 0 aliphatic rings. The number of halogens is 5. The van der Waals surface area contributed by atoms with Crippen LogP contribution < -0.4 is 5.32 Å². The van der Waals surface area contributed by atoms with Crippen LogP contribution in [0.25, 0.3) is 16.9 Å². The molecule has 0 aliphatic heterocycles. The molecule has 4 rings (SSSR count). The summed E-state index contributed by atoms with van der Waals surface area (Å²) in [4.78, 5) is 6.90. The summed E-state index contributed by atoms with van der Waals surface area (Å²) in [6, 6.07) is 15.0. The standard InChI is InChI=1S/C27H26BrClF3N5/c1-2-13-36(15-11-19-7-5-8-20(16-19)27(30,31)32)14-6-12-33-25-17-24(21-9-3-4-10-23(21)29)35-26-22(28)18-34-37(25)26/h2-5,7-10,16-18,33H,1,6,11-15H2. The van der Waals surface area contributed by atoms with Gasteiger partial charge in [-0.2, -0.15) is 22.8 Å². The minimum atomic E-state index is -4.34. The third-order valence-corrected chi connectivity index (χ3v) is 6.78. The second-order valence-electron chi connectivity index (χ2n) is 8.55. The van der Waals surface area contributed by atoms with Gasteiger partial charge in [0.15, 0.2) is 5.65 Å². The Kier molecular flexibility index (Phi) is 8.89. The van der Waals surface area contributed by atoms with E-state index >= 15 is 0 Å². The van der Waals surface area contributed by atoms with Gasteiger partial charge in [-0.1, -0.05) is 54.1 Å². The van der Waals surface area contributed by atoms with Crippen LogP contribution in [0.4, 0.5) is 19.0 Å². The topological polar surface area (TPSA) is 45.5 Å². The lowest BCUT2D eigenvalue weighted by molar-refractivity contribution is -0.137. The summed E-state index contributed by atoms with van der Waals surface area (Å²) in [6.07, 6.45) is 0.506. The highest BCUT2D eigenvalue weighted by molar-refractivity contribution is 9.10.